The molecule has 0 saturated heterocycles. The summed E-state index contributed by atoms with van der Waals surface area (Å²) in [5.74, 6) is 0.0509. The largest absolute Gasteiger partial charge is 0.299 e. The van der Waals surface area contributed by atoms with Gasteiger partial charge in [0, 0.05) is 12.8 Å². The molecule has 43 valence electrons. The third-order valence-corrected chi connectivity index (χ3v) is 0.649. The van der Waals surface area contributed by atoms with E-state index < -0.39 is 0 Å². The molecule has 0 aliphatic rings. The second-order valence-electron chi connectivity index (χ2n) is 1.36. The molecule has 0 spiro atoms. The quantitative estimate of drug-likeness (QED) is 0.503. The molecule has 0 unspecified atom stereocenters. The van der Waals surface area contributed by atoms with Crippen molar-refractivity contribution in [2.45, 2.75) is 6.42 Å². The fourth-order valence-electron chi connectivity index (χ4n) is 0.342. The molecule has 1 heteroatoms. The van der Waals surface area contributed by atoms with Gasteiger partial charge in [0.25, 0.3) is 0 Å². The summed E-state index contributed by atoms with van der Waals surface area (Å²) in [6.07, 6.45) is 4.89. The summed E-state index contributed by atoms with van der Waals surface area (Å²) in [5.41, 5.74) is 0. The monoisotopic (exact) mass is 111 g/mol. The van der Waals surface area contributed by atoms with Crippen LogP contribution in [0.15, 0.2) is 25.3 Å². The average Bonchev–Trinajstić information content (AvgIpc) is 1.68. The zero-order chi connectivity index (χ0) is 6.41. The Morgan fingerprint density at radius 3 is 2.50 bits per heavy atom. The highest BCUT2D eigenvalue weighted by Gasteiger charge is 1.91. The van der Waals surface area contributed by atoms with Crippen LogP contribution in [-0.4, -0.2) is 5.78 Å². The Morgan fingerprint density at radius 1 is 1.50 bits per heavy atom. The maximum Gasteiger partial charge on any atom is 0.144 e. The van der Waals surface area contributed by atoms with Crippen LogP contribution in [0.5, 0.6) is 0 Å². The van der Waals surface area contributed by atoms with Crippen LogP contribution in [0.4, 0.5) is 0 Å². The molecule has 0 aromatic rings. The fourth-order valence-corrected chi connectivity index (χ4v) is 0.342. The Balaban J connectivity index is 3.32. The summed E-state index contributed by atoms with van der Waals surface area (Å²) in [5, 5.41) is 0. The van der Waals surface area contributed by atoms with Gasteiger partial charge >= 0.3 is 0 Å². The van der Waals surface area contributed by atoms with Crippen molar-refractivity contribution in [1.82, 2.24) is 0 Å². The van der Waals surface area contributed by atoms with Crippen LogP contribution >= 0.6 is 0 Å². The molecule has 0 aromatic carbocycles. The van der Waals surface area contributed by atoms with Gasteiger partial charge in [0.2, 0.25) is 0 Å². The van der Waals surface area contributed by atoms with Crippen molar-refractivity contribution in [3.8, 4) is 0 Å². The lowest BCUT2D eigenvalue weighted by Gasteiger charge is -1.84. The van der Waals surface area contributed by atoms with Crippen LogP contribution < -0.4 is 0 Å². The summed E-state index contributed by atoms with van der Waals surface area (Å²) >= 11 is 0. The molecule has 0 aromatic heterocycles. The Kier molecular flexibility index (Phi) is 3.85. The second-order valence-corrected chi connectivity index (χ2v) is 1.36. The number of hydrogen-bond donors (Lipinski definition) is 0. The van der Waals surface area contributed by atoms with Crippen molar-refractivity contribution >= 4 is 5.78 Å². The van der Waals surface area contributed by atoms with Crippen molar-refractivity contribution in [2.75, 3.05) is 0 Å². The lowest BCUT2D eigenvalue weighted by Crippen LogP contribution is -1.91. The molecule has 1 nitrogen and oxygen atoms in total. The third kappa shape index (κ3) is 3.34. The number of Topliss-reactive ketones (excluding diaryl/α,β-unsaturated/α-hetero) is 1. The molecule has 0 fully saturated rings. The van der Waals surface area contributed by atoms with Gasteiger partial charge in [0.05, 0.1) is 0 Å². The van der Waals surface area contributed by atoms with E-state index in [4.69, 9.17) is 0 Å². The summed E-state index contributed by atoms with van der Waals surface area (Å²) < 4.78 is 0. The normalized spacial score (nSPS) is 8.00. The molecular formula is C7H9O. The minimum atomic E-state index is 0.0509. The van der Waals surface area contributed by atoms with E-state index in [-0.39, 0.29) is 5.78 Å². The van der Waals surface area contributed by atoms with E-state index in [2.05, 4.69) is 13.2 Å². The molecule has 0 bridgehead atoms. The van der Waals surface area contributed by atoms with E-state index in [1.807, 2.05) is 0 Å². The van der Waals surface area contributed by atoms with Crippen molar-refractivity contribution < 1.29 is 4.79 Å². The Hall–Kier alpha value is -0.850. The number of ketones is 1. The predicted molar refractivity (Wildman–Crippen MR) is 34.3 cm³/mol. The molecule has 0 saturated carbocycles. The van der Waals surface area contributed by atoms with Gasteiger partial charge in [-0.1, -0.05) is 12.2 Å². The Bertz CT molecular complexity index is 91.0. The summed E-state index contributed by atoms with van der Waals surface area (Å²) in [4.78, 5) is 10.4. The highest BCUT2D eigenvalue weighted by atomic mass is 16.3. The number of rotatable bonds is 4. The highest BCUT2D eigenvalue weighted by Crippen LogP contribution is 1.87. The van der Waals surface area contributed by atoms with Gasteiger partial charge in [-0.05, 0) is 0 Å². The maximum absolute atomic E-state index is 10.4. The first kappa shape index (κ1) is 7.15. The zero-order valence-corrected chi connectivity index (χ0v) is 4.76. The van der Waals surface area contributed by atoms with E-state index in [9.17, 15) is 4.79 Å². The lowest BCUT2D eigenvalue weighted by molar-refractivity contribution is -0.114. The number of carbonyl (C=O) groups is 1. The first-order valence-electron chi connectivity index (χ1n) is 2.40. The van der Waals surface area contributed by atoms with Crippen LogP contribution in [0.3, 0.4) is 0 Å². The van der Waals surface area contributed by atoms with Crippen LogP contribution in [0.1, 0.15) is 6.42 Å². The van der Waals surface area contributed by atoms with E-state index in [0.29, 0.717) is 6.42 Å². The van der Waals surface area contributed by atoms with Crippen molar-refractivity contribution in [3.63, 3.8) is 0 Å². The maximum atomic E-state index is 10.4. The summed E-state index contributed by atoms with van der Waals surface area (Å²) in [7, 11) is 0. The van der Waals surface area contributed by atoms with Crippen LogP contribution in [0, 0.1) is 6.42 Å². The Labute approximate surface area is 49.7 Å². The summed E-state index contributed by atoms with van der Waals surface area (Å²) in [6, 6.07) is 0. The van der Waals surface area contributed by atoms with Gasteiger partial charge in [0.1, 0.15) is 5.78 Å². The average molecular weight is 111 g/mol. The second kappa shape index (κ2) is 4.31. The zero-order valence-electron chi connectivity index (χ0n) is 4.76. The van der Waals surface area contributed by atoms with Crippen molar-refractivity contribution in [1.29, 1.82) is 0 Å². The highest BCUT2D eigenvalue weighted by molar-refractivity contribution is 5.89. The molecule has 1 radical (unpaired) electrons. The van der Waals surface area contributed by atoms with E-state index in [1.54, 1.807) is 6.08 Å². The van der Waals surface area contributed by atoms with Gasteiger partial charge < -0.3 is 0 Å². The predicted octanol–water partition coefficient (Wildman–Crippen LogP) is 1.52. The Morgan fingerprint density at radius 2 is 2.12 bits per heavy atom. The number of carbonyl (C=O) groups excluding carboxylic acids is 1. The molecule has 0 heterocycles. The van der Waals surface area contributed by atoms with Gasteiger partial charge in [-0.2, -0.15) is 0 Å². The van der Waals surface area contributed by atoms with Gasteiger partial charge in [-0.25, -0.2) is 0 Å². The minimum Gasteiger partial charge on any atom is -0.299 e. The molecule has 8 heavy (non-hydrogen) atoms. The smallest absolute Gasteiger partial charge is 0.144 e. The number of hydrogen-bond acceptors (Lipinski definition) is 1. The van der Waals surface area contributed by atoms with Crippen molar-refractivity contribution in [3.05, 3.63) is 31.7 Å². The van der Waals surface area contributed by atoms with E-state index in [0.717, 1.165) is 0 Å². The minimum absolute atomic E-state index is 0.0509. The van der Waals surface area contributed by atoms with Gasteiger partial charge in [0.15, 0.2) is 0 Å². The SMILES string of the molecule is C=C[CH][14C](=O)CC=C. The molecule has 0 aliphatic carbocycles. The standard InChI is InChI=1S/C7H9O/c1-3-5-7(8)6-4-2/h3-5H,1-2,6H2/i7+2. The molecule has 0 atom stereocenters. The first-order chi connectivity index (χ1) is 3.81. The lowest BCUT2D eigenvalue weighted by atomic mass is 10.5. The van der Waals surface area contributed by atoms with Crippen LogP contribution in [0.2, 0.25) is 0 Å². The van der Waals surface area contributed by atoms with Gasteiger partial charge in [-0.15, -0.1) is 13.2 Å². The molecule has 0 amide bonds. The third-order valence-electron chi connectivity index (χ3n) is 0.649. The summed E-state index contributed by atoms with van der Waals surface area (Å²) in [6.45, 7) is 6.78. The van der Waals surface area contributed by atoms with Crippen molar-refractivity contribution in [2.24, 2.45) is 0 Å². The molecular weight excluding hydrogens is 102 g/mol. The topological polar surface area (TPSA) is 17.1 Å². The van der Waals surface area contributed by atoms with Crippen LogP contribution in [0.25, 0.3) is 0 Å². The fraction of sp³-hybridized carbons (Fsp3) is 0.143. The number of allylic oxidation sites excluding steroid dienone is 2. The van der Waals surface area contributed by atoms with Gasteiger partial charge in [-0.3, -0.25) is 4.79 Å². The first-order valence-corrected chi connectivity index (χ1v) is 2.40. The molecule has 0 rings (SSSR count). The van der Waals surface area contributed by atoms with Crippen LogP contribution in [-0.2, 0) is 4.79 Å². The molecule has 0 N–H and O–H groups in total. The van der Waals surface area contributed by atoms with E-state index in [1.165, 1.54) is 12.5 Å². The van der Waals surface area contributed by atoms with E-state index >= 15 is 0 Å². The molecule has 0 aliphatic heterocycles.